The van der Waals surface area contributed by atoms with Gasteiger partial charge in [-0.2, -0.15) is 0 Å². The molecule has 1 aliphatic carbocycles. The Morgan fingerprint density at radius 1 is 0.370 bits per heavy atom. The highest BCUT2D eigenvalue weighted by atomic mass is 15.0. The van der Waals surface area contributed by atoms with E-state index >= 15 is 0 Å². The zero-order valence-electron chi connectivity index (χ0n) is 25.9. The van der Waals surface area contributed by atoms with Gasteiger partial charge in [0.1, 0.15) is 0 Å². The van der Waals surface area contributed by atoms with E-state index in [4.69, 9.17) is 0 Å². The van der Waals surface area contributed by atoms with Gasteiger partial charge in [-0.15, -0.1) is 0 Å². The topological polar surface area (TPSA) is 4.93 Å². The van der Waals surface area contributed by atoms with Crippen molar-refractivity contribution in [1.82, 2.24) is 4.57 Å². The summed E-state index contributed by atoms with van der Waals surface area (Å²) in [7, 11) is 0. The van der Waals surface area contributed by atoms with Crippen molar-refractivity contribution in [3.63, 3.8) is 0 Å². The van der Waals surface area contributed by atoms with Crippen molar-refractivity contribution in [2.24, 2.45) is 0 Å². The molecule has 1 heterocycles. The smallest absolute Gasteiger partial charge is 0.0547 e. The molecule has 0 saturated carbocycles. The summed E-state index contributed by atoms with van der Waals surface area (Å²) >= 11 is 0. The highest BCUT2D eigenvalue weighted by molar-refractivity contribution is 6.29. The van der Waals surface area contributed by atoms with E-state index in [0.717, 1.165) is 0 Å². The summed E-state index contributed by atoms with van der Waals surface area (Å²) in [5.74, 6) is 0. The van der Waals surface area contributed by atoms with Crippen LogP contribution in [0.4, 0.5) is 0 Å². The van der Waals surface area contributed by atoms with E-state index < -0.39 is 0 Å². The van der Waals surface area contributed by atoms with Crippen LogP contribution in [0.5, 0.6) is 0 Å². The summed E-state index contributed by atoms with van der Waals surface area (Å²) in [6.45, 7) is 4.76. The largest absolute Gasteiger partial charge is 0.309 e. The Bertz CT molecular complexity index is 2710. The molecular formula is C45H31N. The third kappa shape index (κ3) is 3.40. The SMILES string of the molecule is CC1(C)c2ccccc2-c2cc3c4ccccc4c4cc5c6ccccc6n(-c6cccc(-c7ccccc7)c6)c5cc4c3cc21. The van der Waals surface area contributed by atoms with Crippen molar-refractivity contribution in [2.45, 2.75) is 19.3 Å². The highest BCUT2D eigenvalue weighted by Crippen LogP contribution is 2.51. The Morgan fingerprint density at radius 2 is 1.00 bits per heavy atom. The Kier molecular flexibility index (Phi) is 5.12. The number of nitrogens with zero attached hydrogens (tertiary/aromatic N) is 1. The van der Waals surface area contributed by atoms with Gasteiger partial charge >= 0.3 is 0 Å². The minimum atomic E-state index is -0.0606. The first-order valence-corrected chi connectivity index (χ1v) is 16.2. The minimum absolute atomic E-state index is 0.0606. The fourth-order valence-corrected chi connectivity index (χ4v) is 8.34. The van der Waals surface area contributed by atoms with E-state index in [0.29, 0.717) is 0 Å². The zero-order chi connectivity index (χ0) is 30.6. The van der Waals surface area contributed by atoms with Gasteiger partial charge in [-0.3, -0.25) is 0 Å². The summed E-state index contributed by atoms with van der Waals surface area (Å²) in [4.78, 5) is 0. The van der Waals surface area contributed by atoms with Crippen LogP contribution in [-0.4, -0.2) is 4.57 Å². The number of aromatic nitrogens is 1. The van der Waals surface area contributed by atoms with E-state index in [1.54, 1.807) is 0 Å². The van der Waals surface area contributed by atoms with Gasteiger partial charge in [-0.25, -0.2) is 0 Å². The number of para-hydroxylation sites is 1. The maximum Gasteiger partial charge on any atom is 0.0547 e. The lowest BCUT2D eigenvalue weighted by Crippen LogP contribution is -2.14. The van der Waals surface area contributed by atoms with Crippen LogP contribution in [0.2, 0.25) is 0 Å². The van der Waals surface area contributed by atoms with E-state index in [2.05, 4.69) is 170 Å². The second-order valence-corrected chi connectivity index (χ2v) is 13.3. The average Bonchev–Trinajstić information content (AvgIpc) is 3.55. The standard InChI is InChI=1S/C45H31N/c1-45(2)41-21-10-8-19-33(41)39-24-35-31-17-6-7-18-32(31)36-25-40-34-20-9-11-22-43(34)46(44(40)27-38(36)37(35)26-42(39)45)30-16-12-15-29(23-30)28-13-4-3-5-14-28/h3-27H,1-2H3. The first-order valence-electron chi connectivity index (χ1n) is 16.2. The predicted molar refractivity (Wildman–Crippen MR) is 196 cm³/mol. The maximum absolute atomic E-state index is 2.51. The van der Waals surface area contributed by atoms with Gasteiger partial charge in [0.05, 0.1) is 11.0 Å². The van der Waals surface area contributed by atoms with Crippen LogP contribution < -0.4 is 0 Å². The Balaban J connectivity index is 1.35. The van der Waals surface area contributed by atoms with E-state index in [1.807, 2.05) is 0 Å². The number of hydrogen-bond donors (Lipinski definition) is 0. The van der Waals surface area contributed by atoms with Gasteiger partial charge in [0.2, 0.25) is 0 Å². The molecule has 0 amide bonds. The van der Waals surface area contributed by atoms with Crippen molar-refractivity contribution in [2.75, 3.05) is 0 Å². The Labute approximate surface area is 268 Å². The summed E-state index contributed by atoms with van der Waals surface area (Å²) < 4.78 is 2.46. The summed E-state index contributed by atoms with van der Waals surface area (Å²) in [6, 6.07) is 56.3. The fourth-order valence-electron chi connectivity index (χ4n) is 8.34. The zero-order valence-corrected chi connectivity index (χ0v) is 25.9. The summed E-state index contributed by atoms with van der Waals surface area (Å²) in [5, 5.41) is 10.4. The van der Waals surface area contributed by atoms with Crippen LogP contribution in [0.3, 0.4) is 0 Å². The molecule has 0 unspecified atom stereocenters. The van der Waals surface area contributed by atoms with Crippen molar-refractivity contribution in [1.29, 1.82) is 0 Å². The molecule has 0 aliphatic heterocycles. The molecule has 0 fully saturated rings. The number of rotatable bonds is 2. The van der Waals surface area contributed by atoms with Gasteiger partial charge in [0.15, 0.2) is 0 Å². The fraction of sp³-hybridized carbons (Fsp3) is 0.0667. The lowest BCUT2D eigenvalue weighted by Gasteiger charge is -2.22. The molecule has 1 aromatic heterocycles. The van der Waals surface area contributed by atoms with E-state index in [1.165, 1.54) is 93.2 Å². The average molecular weight is 586 g/mol. The predicted octanol–water partition coefficient (Wildman–Crippen LogP) is 12.2. The lowest BCUT2D eigenvalue weighted by molar-refractivity contribution is 0.661. The van der Waals surface area contributed by atoms with Gasteiger partial charge in [0.25, 0.3) is 0 Å². The monoisotopic (exact) mass is 585 g/mol. The molecule has 0 atom stereocenters. The van der Waals surface area contributed by atoms with Crippen molar-refractivity contribution in [3.05, 3.63) is 163 Å². The lowest BCUT2D eigenvalue weighted by atomic mass is 9.81. The number of benzene rings is 8. The number of fused-ring (bicyclic) bond motifs is 12. The second kappa shape index (κ2) is 9.19. The highest BCUT2D eigenvalue weighted by Gasteiger charge is 2.35. The van der Waals surface area contributed by atoms with Crippen LogP contribution in [0.1, 0.15) is 25.0 Å². The Hall–Kier alpha value is -5.66. The normalized spacial score (nSPS) is 13.6. The molecular weight excluding hydrogens is 555 g/mol. The molecule has 0 saturated heterocycles. The van der Waals surface area contributed by atoms with Gasteiger partial charge in [-0.05, 0) is 108 Å². The first-order chi connectivity index (χ1) is 22.6. The molecule has 216 valence electrons. The van der Waals surface area contributed by atoms with Gasteiger partial charge in [0, 0.05) is 21.9 Å². The van der Waals surface area contributed by atoms with Crippen molar-refractivity contribution >= 4 is 54.1 Å². The second-order valence-electron chi connectivity index (χ2n) is 13.3. The molecule has 0 bridgehead atoms. The molecule has 0 spiro atoms. The third-order valence-corrected chi connectivity index (χ3v) is 10.5. The maximum atomic E-state index is 2.51. The molecule has 10 rings (SSSR count). The van der Waals surface area contributed by atoms with Crippen LogP contribution >= 0.6 is 0 Å². The van der Waals surface area contributed by atoms with Crippen molar-refractivity contribution in [3.8, 4) is 27.9 Å². The quantitative estimate of drug-likeness (QED) is 0.178. The van der Waals surface area contributed by atoms with E-state index in [-0.39, 0.29) is 5.41 Å². The summed E-state index contributed by atoms with van der Waals surface area (Å²) in [5.41, 5.74) is 11.6. The molecule has 8 aromatic carbocycles. The molecule has 1 nitrogen and oxygen atoms in total. The number of hydrogen-bond acceptors (Lipinski definition) is 0. The van der Waals surface area contributed by atoms with Crippen LogP contribution in [0, 0.1) is 0 Å². The van der Waals surface area contributed by atoms with Crippen LogP contribution in [-0.2, 0) is 5.41 Å². The van der Waals surface area contributed by atoms with Crippen LogP contribution in [0.15, 0.2) is 152 Å². The molecule has 0 radical (unpaired) electrons. The van der Waals surface area contributed by atoms with E-state index in [9.17, 15) is 0 Å². The molecule has 9 aromatic rings. The van der Waals surface area contributed by atoms with Gasteiger partial charge < -0.3 is 4.57 Å². The summed E-state index contributed by atoms with van der Waals surface area (Å²) in [6.07, 6.45) is 0. The molecule has 1 heteroatoms. The third-order valence-electron chi connectivity index (χ3n) is 10.5. The molecule has 1 aliphatic rings. The first kappa shape index (κ1) is 25.6. The van der Waals surface area contributed by atoms with Crippen LogP contribution in [0.25, 0.3) is 82.1 Å². The van der Waals surface area contributed by atoms with Crippen molar-refractivity contribution < 1.29 is 0 Å². The Morgan fingerprint density at radius 3 is 1.83 bits per heavy atom. The van der Waals surface area contributed by atoms with Gasteiger partial charge in [-0.1, -0.05) is 123 Å². The molecule has 46 heavy (non-hydrogen) atoms. The molecule has 0 N–H and O–H groups in total. The minimum Gasteiger partial charge on any atom is -0.309 e.